The van der Waals surface area contributed by atoms with E-state index in [2.05, 4.69) is 31.2 Å². The molecule has 1 aliphatic rings. The summed E-state index contributed by atoms with van der Waals surface area (Å²) in [6.07, 6.45) is 10.5. The average molecular weight is 470 g/mol. The number of carbonyl (C=O) groups excluding carboxylic acids is 1. The van der Waals surface area contributed by atoms with Crippen molar-refractivity contribution in [3.63, 3.8) is 0 Å². The van der Waals surface area contributed by atoms with Crippen molar-refractivity contribution >= 4 is 23.2 Å². The monoisotopic (exact) mass is 469 g/mol. The van der Waals surface area contributed by atoms with Gasteiger partial charge in [0, 0.05) is 17.8 Å². The normalized spacial score (nSPS) is 18.2. The van der Waals surface area contributed by atoms with Crippen LogP contribution in [-0.4, -0.2) is 45.7 Å². The summed E-state index contributed by atoms with van der Waals surface area (Å²) in [6.45, 7) is 2.74. The molecule has 1 saturated heterocycles. The van der Waals surface area contributed by atoms with Gasteiger partial charge in [0.05, 0.1) is 12.1 Å². The van der Waals surface area contributed by atoms with Crippen molar-refractivity contribution in [1.82, 2.24) is 4.90 Å². The van der Waals surface area contributed by atoms with Gasteiger partial charge in [0.25, 0.3) is 0 Å². The van der Waals surface area contributed by atoms with Crippen LogP contribution in [0, 0.1) is 5.92 Å². The van der Waals surface area contributed by atoms with E-state index in [0.717, 1.165) is 49.8 Å². The maximum atomic E-state index is 12.3. The predicted molar refractivity (Wildman–Crippen MR) is 133 cm³/mol. The number of nitrogens with zero attached hydrogens (tertiary/aromatic N) is 1. The van der Waals surface area contributed by atoms with Crippen molar-refractivity contribution in [2.75, 3.05) is 6.54 Å². The number of aromatic carboxylic acids is 1. The van der Waals surface area contributed by atoms with E-state index in [0.29, 0.717) is 17.8 Å². The van der Waals surface area contributed by atoms with Gasteiger partial charge in [-0.2, -0.15) is 0 Å². The van der Waals surface area contributed by atoms with E-state index < -0.39 is 12.1 Å². The summed E-state index contributed by atoms with van der Waals surface area (Å²) in [6, 6.07) is 14.0. The molecule has 5 nitrogen and oxygen atoms in total. The summed E-state index contributed by atoms with van der Waals surface area (Å²) < 4.78 is 0. The molecule has 2 N–H and O–H groups in total. The Balaban J connectivity index is 1.40. The van der Waals surface area contributed by atoms with Gasteiger partial charge in [0.2, 0.25) is 5.91 Å². The fourth-order valence-corrected chi connectivity index (χ4v) is 5.23. The molecule has 1 aromatic carbocycles. The molecule has 1 amide bonds. The van der Waals surface area contributed by atoms with E-state index in [1.165, 1.54) is 16.9 Å². The first-order chi connectivity index (χ1) is 15.9. The Morgan fingerprint density at radius 2 is 1.94 bits per heavy atom. The first-order valence-electron chi connectivity index (χ1n) is 12.0. The second-order valence-electron chi connectivity index (χ2n) is 8.95. The lowest BCUT2D eigenvalue weighted by atomic mass is 9.95. The number of hydrogen-bond acceptors (Lipinski definition) is 4. The molecule has 0 spiro atoms. The third-order valence-corrected chi connectivity index (χ3v) is 7.53. The second kappa shape index (κ2) is 12.7. The van der Waals surface area contributed by atoms with Crippen LogP contribution in [0.3, 0.4) is 0 Å². The lowest BCUT2D eigenvalue weighted by Gasteiger charge is -2.23. The zero-order valence-electron chi connectivity index (χ0n) is 19.4. The lowest BCUT2D eigenvalue weighted by Crippen LogP contribution is -2.33. The quantitative estimate of drug-likeness (QED) is 0.307. The van der Waals surface area contributed by atoms with Gasteiger partial charge >= 0.3 is 5.97 Å². The van der Waals surface area contributed by atoms with Crippen LogP contribution in [0.25, 0.3) is 0 Å². The molecule has 1 unspecified atom stereocenters. The van der Waals surface area contributed by atoms with Crippen LogP contribution in [0.1, 0.15) is 65.6 Å². The Hall–Kier alpha value is -2.44. The molecule has 1 aromatic heterocycles. The Morgan fingerprint density at radius 3 is 2.67 bits per heavy atom. The van der Waals surface area contributed by atoms with Crippen molar-refractivity contribution in [3.8, 4) is 0 Å². The summed E-state index contributed by atoms with van der Waals surface area (Å²) in [5.74, 6) is -0.550. The summed E-state index contributed by atoms with van der Waals surface area (Å²) >= 11 is 1.30. The first-order valence-corrected chi connectivity index (χ1v) is 12.8. The molecule has 3 atom stereocenters. The van der Waals surface area contributed by atoms with Crippen LogP contribution in [0.2, 0.25) is 0 Å². The molecule has 3 rings (SSSR count). The highest BCUT2D eigenvalue weighted by Crippen LogP contribution is 2.23. The SMILES string of the molecule is C[C@@H](CCCCc1ccccc1)[C@H](O)C=CC1CCC(=O)N1CCCc1ccc(C(=O)O)s1. The lowest BCUT2D eigenvalue weighted by molar-refractivity contribution is -0.128. The summed E-state index contributed by atoms with van der Waals surface area (Å²) in [5.41, 5.74) is 1.36. The third kappa shape index (κ3) is 7.83. The van der Waals surface area contributed by atoms with Gasteiger partial charge in [-0.3, -0.25) is 4.79 Å². The Bertz CT molecular complexity index is 923. The van der Waals surface area contributed by atoms with Gasteiger partial charge in [-0.05, 0) is 62.1 Å². The zero-order valence-corrected chi connectivity index (χ0v) is 20.2. The smallest absolute Gasteiger partial charge is 0.345 e. The largest absolute Gasteiger partial charge is 0.477 e. The number of rotatable bonds is 13. The van der Waals surface area contributed by atoms with Crippen LogP contribution in [-0.2, 0) is 17.6 Å². The Labute approximate surface area is 200 Å². The van der Waals surface area contributed by atoms with Gasteiger partial charge in [0.1, 0.15) is 4.88 Å². The average Bonchev–Trinajstić information content (AvgIpc) is 3.43. The van der Waals surface area contributed by atoms with Crippen molar-refractivity contribution in [2.45, 2.75) is 70.4 Å². The number of carboxylic acid groups (broad SMARTS) is 1. The number of aryl methyl sites for hydroxylation is 2. The van der Waals surface area contributed by atoms with E-state index >= 15 is 0 Å². The molecule has 33 heavy (non-hydrogen) atoms. The highest BCUT2D eigenvalue weighted by Gasteiger charge is 2.28. The van der Waals surface area contributed by atoms with Crippen LogP contribution in [0.5, 0.6) is 0 Å². The number of carboxylic acids is 1. The van der Waals surface area contributed by atoms with Crippen molar-refractivity contribution in [2.24, 2.45) is 5.92 Å². The highest BCUT2D eigenvalue weighted by atomic mass is 32.1. The number of benzene rings is 1. The maximum absolute atomic E-state index is 12.3. The van der Waals surface area contributed by atoms with Crippen LogP contribution >= 0.6 is 11.3 Å². The molecule has 1 fully saturated rings. The van der Waals surface area contributed by atoms with E-state index in [4.69, 9.17) is 5.11 Å². The van der Waals surface area contributed by atoms with Crippen molar-refractivity contribution < 1.29 is 19.8 Å². The molecule has 0 radical (unpaired) electrons. The number of hydrogen-bond donors (Lipinski definition) is 2. The standard InChI is InChI=1S/C27H35NO4S/c1-20(8-5-6-11-21-9-3-2-4-10-21)24(29)16-13-22-14-18-26(30)28(22)19-7-12-23-15-17-25(33-23)27(31)32/h2-4,9-10,13,15-17,20,22,24,29H,5-8,11-12,14,18-19H2,1H3,(H,31,32)/t20-,22?,24+/m0/s1. The molecule has 2 aromatic rings. The maximum Gasteiger partial charge on any atom is 0.345 e. The van der Waals surface area contributed by atoms with E-state index in [1.807, 2.05) is 29.2 Å². The van der Waals surface area contributed by atoms with E-state index in [1.54, 1.807) is 6.07 Å². The molecule has 0 saturated carbocycles. The minimum absolute atomic E-state index is 0.0374. The summed E-state index contributed by atoms with van der Waals surface area (Å²) in [4.78, 5) is 26.7. The van der Waals surface area contributed by atoms with Gasteiger partial charge < -0.3 is 15.1 Å². The molecule has 0 aliphatic carbocycles. The van der Waals surface area contributed by atoms with Crippen LogP contribution < -0.4 is 0 Å². The highest BCUT2D eigenvalue weighted by molar-refractivity contribution is 7.13. The molecule has 0 bridgehead atoms. The Kier molecular flexibility index (Phi) is 9.70. The third-order valence-electron chi connectivity index (χ3n) is 6.40. The zero-order chi connectivity index (χ0) is 23.6. The minimum atomic E-state index is -0.893. The molecular weight excluding hydrogens is 434 g/mol. The number of aliphatic hydroxyl groups is 1. The van der Waals surface area contributed by atoms with Gasteiger partial charge in [-0.25, -0.2) is 4.79 Å². The van der Waals surface area contributed by atoms with Crippen LogP contribution in [0.4, 0.5) is 0 Å². The number of amides is 1. The van der Waals surface area contributed by atoms with Crippen LogP contribution in [0.15, 0.2) is 54.6 Å². The minimum Gasteiger partial charge on any atom is -0.477 e. The summed E-state index contributed by atoms with van der Waals surface area (Å²) in [5, 5.41) is 19.6. The van der Waals surface area contributed by atoms with E-state index in [9.17, 15) is 14.7 Å². The van der Waals surface area contributed by atoms with Gasteiger partial charge in [0.15, 0.2) is 0 Å². The molecule has 1 aliphatic heterocycles. The number of aliphatic hydroxyl groups excluding tert-OH is 1. The first kappa shape index (κ1) is 25.2. The fourth-order valence-electron chi connectivity index (χ4n) is 4.34. The predicted octanol–water partition coefficient (Wildman–Crippen LogP) is 5.34. The number of likely N-dealkylation sites (tertiary alicyclic amines) is 1. The molecule has 6 heteroatoms. The number of thiophene rings is 1. The summed E-state index contributed by atoms with van der Waals surface area (Å²) in [7, 11) is 0. The number of carbonyl (C=O) groups is 2. The second-order valence-corrected chi connectivity index (χ2v) is 10.1. The van der Waals surface area contributed by atoms with Gasteiger partial charge in [-0.1, -0.05) is 55.8 Å². The van der Waals surface area contributed by atoms with Gasteiger partial charge in [-0.15, -0.1) is 11.3 Å². The molecular formula is C27H35NO4S. The van der Waals surface area contributed by atoms with E-state index in [-0.39, 0.29) is 17.9 Å². The molecule has 2 heterocycles. The van der Waals surface area contributed by atoms with Crippen molar-refractivity contribution in [3.05, 3.63) is 69.9 Å². The topological polar surface area (TPSA) is 77.8 Å². The number of unbranched alkanes of at least 4 members (excludes halogenated alkanes) is 1. The Morgan fingerprint density at radius 1 is 1.15 bits per heavy atom. The van der Waals surface area contributed by atoms with Crippen molar-refractivity contribution in [1.29, 1.82) is 0 Å². The fraction of sp³-hybridized carbons (Fsp3) is 0.481. The molecule has 178 valence electrons.